The number of aryl methyl sites for hydroxylation is 1. The lowest BCUT2D eigenvalue weighted by molar-refractivity contribution is 0.349. The molecule has 0 aliphatic heterocycles. The Morgan fingerprint density at radius 3 is 2.58 bits per heavy atom. The summed E-state index contributed by atoms with van der Waals surface area (Å²) in [6.07, 6.45) is 7.81. The van der Waals surface area contributed by atoms with E-state index in [-0.39, 0.29) is 23.0 Å². The fourth-order valence-corrected chi connectivity index (χ4v) is 6.43. The van der Waals surface area contributed by atoms with Gasteiger partial charge in [-0.1, -0.05) is 39.0 Å². The third-order valence-corrected chi connectivity index (χ3v) is 8.71. The third kappa shape index (κ3) is 4.60. The van der Waals surface area contributed by atoms with Crippen molar-refractivity contribution >= 4 is 20.9 Å². The van der Waals surface area contributed by atoms with Crippen LogP contribution in [0.25, 0.3) is 22.0 Å². The molecule has 1 fully saturated rings. The van der Waals surface area contributed by atoms with Crippen LogP contribution in [0.1, 0.15) is 63.1 Å². The zero-order chi connectivity index (χ0) is 23.4. The van der Waals surface area contributed by atoms with E-state index < -0.39 is 10.0 Å². The number of hydrogen-bond acceptors (Lipinski definition) is 2. The molecule has 1 heterocycles. The molecule has 5 rings (SSSR count). The van der Waals surface area contributed by atoms with E-state index in [0.29, 0.717) is 5.56 Å². The molecule has 6 heteroatoms. The highest BCUT2D eigenvalue weighted by molar-refractivity contribution is 7.90. The molecule has 1 aromatic heterocycles. The topological polar surface area (TPSA) is 51.1 Å². The minimum atomic E-state index is -3.30. The first-order valence-corrected chi connectivity index (χ1v) is 13.6. The minimum absolute atomic E-state index is 0.0250. The molecule has 0 spiro atoms. The number of nitrogens with one attached hydrogen (secondary N) is 1. The summed E-state index contributed by atoms with van der Waals surface area (Å²) in [6, 6.07) is 9.82. The van der Waals surface area contributed by atoms with Gasteiger partial charge in [-0.15, -0.1) is 0 Å². The van der Waals surface area contributed by atoms with E-state index in [4.69, 9.17) is 0 Å². The summed E-state index contributed by atoms with van der Waals surface area (Å²) in [5, 5.41) is 0.511. The Hall–Kier alpha value is -2.18. The summed E-state index contributed by atoms with van der Waals surface area (Å²) in [5.41, 5.74) is 6.03. The molecule has 0 atom stereocenters. The highest BCUT2D eigenvalue weighted by atomic mass is 32.2. The minimum Gasteiger partial charge on any atom is -0.347 e. The van der Waals surface area contributed by atoms with Crippen LogP contribution in [-0.2, 0) is 36.0 Å². The number of sulfonamides is 1. The summed E-state index contributed by atoms with van der Waals surface area (Å²) in [5.74, 6) is -0.249. The standard InChI is InChI=1S/C27H33FN2O2S/c1-27(2,3)17-30-16-19(15-29-33(31,32)20-11-12-20)23-13-25(28)24(14-26(23)30)22-10-6-8-18-7-4-5-9-21(18)22/h6,8,10,13-14,16,20,29H,4-5,7,9,11-12,15,17H2,1-3H3. The number of aromatic nitrogens is 1. The second-order valence-corrected chi connectivity index (χ2v) is 13.0. The van der Waals surface area contributed by atoms with E-state index in [2.05, 4.69) is 36.1 Å². The average molecular weight is 469 g/mol. The van der Waals surface area contributed by atoms with Crippen molar-refractivity contribution in [1.82, 2.24) is 9.29 Å². The lowest BCUT2D eigenvalue weighted by atomic mass is 9.85. The van der Waals surface area contributed by atoms with E-state index in [1.54, 1.807) is 6.07 Å². The van der Waals surface area contributed by atoms with Crippen LogP contribution in [0.15, 0.2) is 36.5 Å². The van der Waals surface area contributed by atoms with Crippen molar-refractivity contribution in [2.45, 2.75) is 77.6 Å². The van der Waals surface area contributed by atoms with E-state index in [1.807, 2.05) is 24.4 Å². The second-order valence-electron chi connectivity index (χ2n) is 10.9. The van der Waals surface area contributed by atoms with Crippen LogP contribution >= 0.6 is 0 Å². The molecule has 2 aliphatic rings. The average Bonchev–Trinajstić information content (AvgIpc) is 3.57. The van der Waals surface area contributed by atoms with Gasteiger partial charge in [-0.3, -0.25) is 0 Å². The maximum atomic E-state index is 15.6. The number of halogens is 1. The number of benzene rings is 2. The molecule has 0 bridgehead atoms. The monoisotopic (exact) mass is 468 g/mol. The summed E-state index contributed by atoms with van der Waals surface area (Å²) < 4.78 is 45.3. The fourth-order valence-electron chi connectivity index (χ4n) is 5.08. The lowest BCUT2D eigenvalue weighted by Gasteiger charge is -2.21. The van der Waals surface area contributed by atoms with Crippen LogP contribution in [0.5, 0.6) is 0 Å². The van der Waals surface area contributed by atoms with Crippen molar-refractivity contribution in [3.8, 4) is 11.1 Å². The van der Waals surface area contributed by atoms with Crippen LogP contribution in [0.3, 0.4) is 0 Å². The Morgan fingerprint density at radius 2 is 1.85 bits per heavy atom. The van der Waals surface area contributed by atoms with Crippen LogP contribution in [-0.4, -0.2) is 18.2 Å². The highest BCUT2D eigenvalue weighted by Crippen LogP contribution is 2.37. The third-order valence-electron chi connectivity index (χ3n) is 6.81. The molecule has 176 valence electrons. The highest BCUT2D eigenvalue weighted by Gasteiger charge is 2.35. The molecule has 0 radical (unpaired) electrons. The van der Waals surface area contributed by atoms with E-state index in [9.17, 15) is 8.42 Å². The first kappa shape index (κ1) is 22.6. The van der Waals surface area contributed by atoms with Gasteiger partial charge in [0.05, 0.1) is 5.25 Å². The van der Waals surface area contributed by atoms with Gasteiger partial charge in [0, 0.05) is 35.8 Å². The molecule has 33 heavy (non-hydrogen) atoms. The molecule has 0 unspecified atom stereocenters. The SMILES string of the molecule is CC(C)(C)Cn1cc(CNS(=O)(=O)C2CC2)c2cc(F)c(-c3cccc4c3CCCC4)cc21. The Bertz CT molecular complexity index is 1310. The van der Waals surface area contributed by atoms with Crippen molar-refractivity contribution in [2.24, 2.45) is 5.41 Å². The van der Waals surface area contributed by atoms with Gasteiger partial charge in [0.25, 0.3) is 0 Å². The zero-order valence-electron chi connectivity index (χ0n) is 19.7. The van der Waals surface area contributed by atoms with Crippen LogP contribution < -0.4 is 4.72 Å². The number of nitrogens with zero attached hydrogens (tertiary/aromatic N) is 1. The van der Waals surface area contributed by atoms with Crippen molar-refractivity contribution in [3.63, 3.8) is 0 Å². The Kier molecular flexibility index (Phi) is 5.65. The molecule has 4 nitrogen and oxygen atoms in total. The largest absolute Gasteiger partial charge is 0.347 e. The number of rotatable bonds is 6. The first-order valence-electron chi connectivity index (χ1n) is 12.0. The fraction of sp³-hybridized carbons (Fsp3) is 0.481. The molecule has 1 saturated carbocycles. The van der Waals surface area contributed by atoms with Gasteiger partial charge in [0.15, 0.2) is 0 Å². The summed E-state index contributed by atoms with van der Waals surface area (Å²) in [6.45, 7) is 7.47. The molecule has 3 aromatic rings. The van der Waals surface area contributed by atoms with Gasteiger partial charge in [0.2, 0.25) is 10.0 Å². The van der Waals surface area contributed by atoms with E-state index in [0.717, 1.165) is 60.7 Å². The van der Waals surface area contributed by atoms with Gasteiger partial charge in [-0.2, -0.15) is 0 Å². The molecule has 0 saturated heterocycles. The predicted molar refractivity (Wildman–Crippen MR) is 132 cm³/mol. The van der Waals surface area contributed by atoms with Gasteiger partial charge in [0.1, 0.15) is 5.82 Å². The maximum absolute atomic E-state index is 15.6. The zero-order valence-corrected chi connectivity index (χ0v) is 20.6. The molecule has 2 aromatic carbocycles. The van der Waals surface area contributed by atoms with Crippen molar-refractivity contribution in [2.75, 3.05) is 0 Å². The molecular formula is C27H33FN2O2S. The lowest BCUT2D eigenvalue weighted by Crippen LogP contribution is -2.26. The number of hydrogen-bond donors (Lipinski definition) is 1. The summed E-state index contributed by atoms with van der Waals surface area (Å²) >= 11 is 0. The van der Waals surface area contributed by atoms with E-state index in [1.165, 1.54) is 17.5 Å². The Balaban J connectivity index is 1.61. The molecular weight excluding hydrogens is 435 g/mol. The number of fused-ring (bicyclic) bond motifs is 2. The van der Waals surface area contributed by atoms with Crippen LogP contribution in [0.4, 0.5) is 4.39 Å². The second kappa shape index (κ2) is 8.24. The van der Waals surface area contributed by atoms with Gasteiger partial charge < -0.3 is 4.57 Å². The molecule has 0 amide bonds. The van der Waals surface area contributed by atoms with Crippen molar-refractivity contribution in [3.05, 3.63) is 59.0 Å². The molecule has 2 aliphatic carbocycles. The van der Waals surface area contributed by atoms with Gasteiger partial charge >= 0.3 is 0 Å². The van der Waals surface area contributed by atoms with Crippen LogP contribution in [0, 0.1) is 11.2 Å². The predicted octanol–water partition coefficient (Wildman–Crippen LogP) is 5.95. The maximum Gasteiger partial charge on any atom is 0.214 e. The Labute approximate surface area is 196 Å². The smallest absolute Gasteiger partial charge is 0.214 e. The normalized spacial score (nSPS) is 16.8. The summed E-state index contributed by atoms with van der Waals surface area (Å²) in [7, 11) is -3.30. The van der Waals surface area contributed by atoms with Gasteiger partial charge in [-0.25, -0.2) is 17.5 Å². The van der Waals surface area contributed by atoms with Gasteiger partial charge in [-0.05, 0) is 78.3 Å². The Morgan fingerprint density at radius 1 is 1.09 bits per heavy atom. The first-order chi connectivity index (χ1) is 15.6. The summed E-state index contributed by atoms with van der Waals surface area (Å²) in [4.78, 5) is 0. The van der Waals surface area contributed by atoms with Crippen LogP contribution in [0.2, 0.25) is 0 Å². The molecule has 1 N–H and O–H groups in total. The van der Waals surface area contributed by atoms with E-state index >= 15 is 4.39 Å². The quantitative estimate of drug-likeness (QED) is 0.486. The van der Waals surface area contributed by atoms with Crippen molar-refractivity contribution in [1.29, 1.82) is 0 Å². The van der Waals surface area contributed by atoms with Crippen molar-refractivity contribution < 1.29 is 12.8 Å².